The van der Waals surface area contributed by atoms with Gasteiger partial charge in [0.05, 0.1) is 26.0 Å². The predicted molar refractivity (Wildman–Crippen MR) is 120 cm³/mol. The summed E-state index contributed by atoms with van der Waals surface area (Å²) in [7, 11) is 4.34. The SMILES string of the molecule is C[NH+](C)CCCNc1ncnc2c1c(-c1ccccc1)cn2-c1cccc(Cl)c1. The van der Waals surface area contributed by atoms with Crippen molar-refractivity contribution in [2.45, 2.75) is 6.42 Å². The van der Waals surface area contributed by atoms with Crippen molar-refractivity contribution >= 4 is 28.5 Å². The molecule has 2 aromatic carbocycles. The van der Waals surface area contributed by atoms with Crippen molar-refractivity contribution in [3.05, 3.63) is 72.1 Å². The van der Waals surface area contributed by atoms with E-state index in [0.29, 0.717) is 5.02 Å². The standard InChI is InChI=1S/C23H24ClN5/c1-28(2)13-7-12-25-22-21-20(17-8-4-3-5-9-17)15-29(23(21)27-16-26-22)19-11-6-10-18(24)14-19/h3-6,8-11,14-16H,7,12-13H2,1-2H3,(H,25,26,27)/p+1. The number of rotatable bonds is 7. The number of halogens is 1. The van der Waals surface area contributed by atoms with E-state index in [9.17, 15) is 0 Å². The monoisotopic (exact) mass is 406 g/mol. The zero-order valence-electron chi connectivity index (χ0n) is 16.7. The number of fused-ring (bicyclic) bond motifs is 1. The van der Waals surface area contributed by atoms with Gasteiger partial charge < -0.3 is 14.8 Å². The van der Waals surface area contributed by atoms with Crippen molar-refractivity contribution in [2.75, 3.05) is 32.5 Å². The molecule has 5 nitrogen and oxygen atoms in total. The van der Waals surface area contributed by atoms with Crippen LogP contribution in [0.15, 0.2) is 67.1 Å². The Morgan fingerprint density at radius 1 is 1.03 bits per heavy atom. The van der Waals surface area contributed by atoms with Gasteiger partial charge in [0.1, 0.15) is 12.1 Å². The van der Waals surface area contributed by atoms with Crippen LogP contribution in [0.3, 0.4) is 0 Å². The fourth-order valence-corrected chi connectivity index (χ4v) is 3.69. The van der Waals surface area contributed by atoms with Crippen LogP contribution in [0.2, 0.25) is 5.02 Å². The summed E-state index contributed by atoms with van der Waals surface area (Å²) in [5.74, 6) is 0.864. The number of benzene rings is 2. The second-order valence-electron chi connectivity index (χ2n) is 7.42. The van der Waals surface area contributed by atoms with Gasteiger partial charge in [0, 0.05) is 35.4 Å². The van der Waals surface area contributed by atoms with Crippen LogP contribution < -0.4 is 10.2 Å². The first-order chi connectivity index (χ1) is 14.1. The summed E-state index contributed by atoms with van der Waals surface area (Å²) in [5, 5.41) is 5.25. The van der Waals surface area contributed by atoms with E-state index in [1.54, 1.807) is 6.33 Å². The highest BCUT2D eigenvalue weighted by Crippen LogP contribution is 2.35. The van der Waals surface area contributed by atoms with Crippen LogP contribution in [0.1, 0.15) is 6.42 Å². The molecule has 0 amide bonds. The Bertz CT molecular complexity index is 1100. The summed E-state index contributed by atoms with van der Waals surface area (Å²) in [4.78, 5) is 10.6. The molecule has 148 valence electrons. The summed E-state index contributed by atoms with van der Waals surface area (Å²) in [6, 6.07) is 18.2. The van der Waals surface area contributed by atoms with Crippen LogP contribution >= 0.6 is 11.6 Å². The molecule has 0 bridgehead atoms. The Morgan fingerprint density at radius 2 is 1.86 bits per heavy atom. The lowest BCUT2D eigenvalue weighted by Crippen LogP contribution is -3.05. The summed E-state index contributed by atoms with van der Waals surface area (Å²) in [6.45, 7) is 1.98. The second kappa shape index (κ2) is 8.64. The van der Waals surface area contributed by atoms with E-state index in [1.807, 2.05) is 30.3 Å². The molecule has 2 aromatic heterocycles. The molecule has 4 rings (SSSR count). The zero-order valence-corrected chi connectivity index (χ0v) is 17.4. The molecule has 0 aliphatic carbocycles. The third kappa shape index (κ3) is 4.26. The zero-order chi connectivity index (χ0) is 20.2. The number of hydrogen-bond donors (Lipinski definition) is 2. The van der Waals surface area contributed by atoms with Crippen molar-refractivity contribution in [2.24, 2.45) is 0 Å². The Balaban J connectivity index is 1.83. The van der Waals surface area contributed by atoms with E-state index in [4.69, 9.17) is 11.6 Å². The number of hydrogen-bond acceptors (Lipinski definition) is 3. The fraction of sp³-hybridized carbons (Fsp3) is 0.217. The van der Waals surface area contributed by atoms with Gasteiger partial charge >= 0.3 is 0 Å². The first kappa shape index (κ1) is 19.4. The van der Waals surface area contributed by atoms with E-state index in [1.165, 1.54) is 4.90 Å². The summed E-state index contributed by atoms with van der Waals surface area (Å²) >= 11 is 6.25. The largest absolute Gasteiger partial charge is 0.369 e. The van der Waals surface area contributed by atoms with Crippen LogP contribution in [-0.2, 0) is 0 Å². The predicted octanol–water partition coefficient (Wildman–Crippen LogP) is 3.69. The average molecular weight is 407 g/mol. The van der Waals surface area contributed by atoms with Gasteiger partial charge in [0.25, 0.3) is 0 Å². The number of nitrogens with one attached hydrogen (secondary N) is 2. The maximum Gasteiger partial charge on any atom is 0.150 e. The minimum atomic E-state index is 0.698. The normalized spacial score (nSPS) is 11.3. The molecule has 0 atom stereocenters. The van der Waals surface area contributed by atoms with E-state index in [-0.39, 0.29) is 0 Å². The van der Waals surface area contributed by atoms with Crippen molar-refractivity contribution in [1.29, 1.82) is 0 Å². The van der Waals surface area contributed by atoms with Crippen LogP contribution in [0, 0.1) is 0 Å². The maximum atomic E-state index is 6.25. The van der Waals surface area contributed by atoms with Crippen molar-refractivity contribution in [3.63, 3.8) is 0 Å². The molecule has 6 heteroatoms. The summed E-state index contributed by atoms with van der Waals surface area (Å²) in [6.07, 6.45) is 4.82. The van der Waals surface area contributed by atoms with E-state index < -0.39 is 0 Å². The van der Waals surface area contributed by atoms with Crippen molar-refractivity contribution < 1.29 is 4.90 Å². The highest BCUT2D eigenvalue weighted by Gasteiger charge is 2.17. The van der Waals surface area contributed by atoms with E-state index in [2.05, 4.69) is 64.4 Å². The molecule has 4 aromatic rings. The highest BCUT2D eigenvalue weighted by molar-refractivity contribution is 6.30. The molecule has 0 unspecified atom stereocenters. The van der Waals surface area contributed by atoms with Gasteiger partial charge in [-0.3, -0.25) is 0 Å². The number of quaternary nitrogens is 1. The smallest absolute Gasteiger partial charge is 0.150 e. The van der Waals surface area contributed by atoms with Crippen LogP contribution in [0.4, 0.5) is 5.82 Å². The molecule has 0 saturated heterocycles. The summed E-state index contributed by atoms with van der Waals surface area (Å²) < 4.78 is 2.08. The molecule has 0 saturated carbocycles. The summed E-state index contributed by atoms with van der Waals surface area (Å²) in [5.41, 5.74) is 4.07. The van der Waals surface area contributed by atoms with Gasteiger partial charge in [-0.05, 0) is 23.8 Å². The molecule has 0 radical (unpaired) electrons. The Morgan fingerprint density at radius 3 is 2.62 bits per heavy atom. The Hall–Kier alpha value is -2.89. The van der Waals surface area contributed by atoms with E-state index in [0.717, 1.165) is 53.2 Å². The molecule has 0 spiro atoms. The third-order valence-electron chi connectivity index (χ3n) is 4.90. The lowest BCUT2D eigenvalue weighted by molar-refractivity contribution is -0.858. The number of nitrogens with zero attached hydrogens (tertiary/aromatic N) is 3. The van der Waals surface area contributed by atoms with Gasteiger partial charge in [0.15, 0.2) is 5.65 Å². The third-order valence-corrected chi connectivity index (χ3v) is 5.14. The molecule has 0 fully saturated rings. The fourth-order valence-electron chi connectivity index (χ4n) is 3.50. The van der Waals surface area contributed by atoms with Gasteiger partial charge in [0.2, 0.25) is 0 Å². The Labute approximate surface area is 176 Å². The minimum Gasteiger partial charge on any atom is -0.369 e. The maximum absolute atomic E-state index is 6.25. The van der Waals surface area contributed by atoms with Crippen LogP contribution in [0.5, 0.6) is 0 Å². The molecule has 2 heterocycles. The lowest BCUT2D eigenvalue weighted by Gasteiger charge is -2.10. The molecule has 2 N–H and O–H groups in total. The second-order valence-corrected chi connectivity index (χ2v) is 7.85. The first-order valence-corrected chi connectivity index (χ1v) is 10.2. The number of anilines is 1. The quantitative estimate of drug-likeness (QED) is 0.460. The topological polar surface area (TPSA) is 47.2 Å². The van der Waals surface area contributed by atoms with Crippen LogP contribution in [0.25, 0.3) is 27.8 Å². The van der Waals surface area contributed by atoms with Gasteiger partial charge in [-0.15, -0.1) is 0 Å². The molecular formula is C23H25ClN5+. The Kier molecular flexibility index (Phi) is 5.79. The van der Waals surface area contributed by atoms with E-state index >= 15 is 0 Å². The first-order valence-electron chi connectivity index (χ1n) is 9.84. The van der Waals surface area contributed by atoms with Gasteiger partial charge in [-0.2, -0.15) is 0 Å². The van der Waals surface area contributed by atoms with Gasteiger partial charge in [-0.25, -0.2) is 9.97 Å². The number of aromatic nitrogens is 3. The van der Waals surface area contributed by atoms with Crippen LogP contribution in [-0.4, -0.2) is 41.7 Å². The minimum absolute atomic E-state index is 0.698. The van der Waals surface area contributed by atoms with Crippen molar-refractivity contribution in [1.82, 2.24) is 14.5 Å². The van der Waals surface area contributed by atoms with Gasteiger partial charge in [-0.1, -0.05) is 48.0 Å². The lowest BCUT2D eigenvalue weighted by atomic mass is 10.1. The molecular weight excluding hydrogens is 382 g/mol. The molecule has 0 aliphatic heterocycles. The highest BCUT2D eigenvalue weighted by atomic mass is 35.5. The average Bonchev–Trinajstić information content (AvgIpc) is 3.12. The molecule has 29 heavy (non-hydrogen) atoms. The van der Waals surface area contributed by atoms with Crippen molar-refractivity contribution in [3.8, 4) is 16.8 Å². The molecule has 0 aliphatic rings.